The van der Waals surface area contributed by atoms with E-state index >= 15 is 0 Å². The first-order valence-electron chi connectivity index (χ1n) is 8.77. The third-order valence-corrected chi connectivity index (χ3v) is 5.83. The van der Waals surface area contributed by atoms with E-state index in [4.69, 9.17) is 9.15 Å². The molecule has 3 rings (SSSR count). The zero-order valence-corrected chi connectivity index (χ0v) is 16.1. The van der Waals surface area contributed by atoms with E-state index in [2.05, 4.69) is 9.71 Å². The van der Waals surface area contributed by atoms with Crippen molar-refractivity contribution in [2.75, 3.05) is 19.6 Å². The summed E-state index contributed by atoms with van der Waals surface area (Å²) in [4.78, 5) is 4.50. The number of benzene rings is 1. The molecule has 26 heavy (non-hydrogen) atoms. The van der Waals surface area contributed by atoms with Gasteiger partial charge in [-0.15, -0.1) is 0 Å². The SMILES string of the molecule is Cc1oc(-c2ccccc2)nc1CCNS(=O)(=O)N1C[C@@H](C)O[C@@H](C)C1. The average molecular weight is 379 g/mol. The predicted molar refractivity (Wildman–Crippen MR) is 98.9 cm³/mol. The Morgan fingerprint density at radius 1 is 1.19 bits per heavy atom. The fourth-order valence-corrected chi connectivity index (χ4v) is 4.44. The Morgan fingerprint density at radius 2 is 1.85 bits per heavy atom. The first kappa shape index (κ1) is 19.0. The molecule has 1 saturated heterocycles. The van der Waals surface area contributed by atoms with Crippen LogP contribution in [0.25, 0.3) is 11.5 Å². The van der Waals surface area contributed by atoms with Crippen LogP contribution in [0, 0.1) is 6.92 Å². The van der Waals surface area contributed by atoms with Gasteiger partial charge in [0.15, 0.2) is 0 Å². The zero-order valence-electron chi connectivity index (χ0n) is 15.3. The van der Waals surface area contributed by atoms with E-state index in [1.165, 1.54) is 4.31 Å². The summed E-state index contributed by atoms with van der Waals surface area (Å²) >= 11 is 0. The smallest absolute Gasteiger partial charge is 0.279 e. The number of oxazole rings is 1. The highest BCUT2D eigenvalue weighted by atomic mass is 32.2. The van der Waals surface area contributed by atoms with Crippen molar-refractivity contribution in [1.82, 2.24) is 14.0 Å². The van der Waals surface area contributed by atoms with Crippen molar-refractivity contribution in [1.29, 1.82) is 0 Å². The molecule has 0 unspecified atom stereocenters. The molecule has 2 atom stereocenters. The summed E-state index contributed by atoms with van der Waals surface area (Å²) in [6.07, 6.45) is 0.250. The predicted octanol–water partition coefficient (Wildman–Crippen LogP) is 2.14. The first-order chi connectivity index (χ1) is 12.3. The quantitative estimate of drug-likeness (QED) is 0.831. The third-order valence-electron chi connectivity index (χ3n) is 4.29. The van der Waals surface area contributed by atoms with Gasteiger partial charge in [0.1, 0.15) is 5.76 Å². The Kier molecular flexibility index (Phi) is 5.76. The lowest BCUT2D eigenvalue weighted by Gasteiger charge is -2.34. The molecule has 1 N–H and O–H groups in total. The molecule has 1 aromatic heterocycles. The third kappa shape index (κ3) is 4.50. The van der Waals surface area contributed by atoms with Gasteiger partial charge >= 0.3 is 0 Å². The normalized spacial score (nSPS) is 21.8. The second kappa shape index (κ2) is 7.87. The lowest BCUT2D eigenvalue weighted by Crippen LogP contribution is -2.52. The van der Waals surface area contributed by atoms with Crippen molar-refractivity contribution < 1.29 is 17.6 Å². The van der Waals surface area contributed by atoms with Gasteiger partial charge in [-0.25, -0.2) is 9.71 Å². The van der Waals surface area contributed by atoms with Crippen molar-refractivity contribution in [2.45, 2.75) is 39.4 Å². The van der Waals surface area contributed by atoms with E-state index in [0.717, 1.165) is 11.3 Å². The van der Waals surface area contributed by atoms with Crippen molar-refractivity contribution in [3.63, 3.8) is 0 Å². The maximum Gasteiger partial charge on any atom is 0.279 e. The summed E-state index contributed by atoms with van der Waals surface area (Å²) in [5.74, 6) is 1.26. The van der Waals surface area contributed by atoms with Gasteiger partial charge in [0.2, 0.25) is 5.89 Å². The van der Waals surface area contributed by atoms with Gasteiger partial charge in [-0.2, -0.15) is 12.7 Å². The van der Waals surface area contributed by atoms with Crippen LogP contribution in [0.15, 0.2) is 34.7 Å². The molecule has 8 heteroatoms. The molecule has 2 heterocycles. The number of aromatic nitrogens is 1. The van der Waals surface area contributed by atoms with E-state index in [1.807, 2.05) is 51.1 Å². The molecule has 1 aromatic carbocycles. The Hall–Kier alpha value is -1.74. The Balaban J connectivity index is 1.60. The van der Waals surface area contributed by atoms with E-state index in [0.29, 0.717) is 31.2 Å². The van der Waals surface area contributed by atoms with Crippen LogP contribution in [0.3, 0.4) is 0 Å². The zero-order chi connectivity index (χ0) is 18.7. The maximum atomic E-state index is 12.5. The van der Waals surface area contributed by atoms with Crippen LogP contribution in [-0.4, -0.2) is 49.5 Å². The molecule has 1 fully saturated rings. The van der Waals surface area contributed by atoms with Gasteiger partial charge in [0.05, 0.1) is 17.9 Å². The Labute approximate surface area is 154 Å². The topological polar surface area (TPSA) is 84.7 Å². The number of aryl methyl sites for hydroxylation is 1. The molecule has 0 spiro atoms. The number of nitrogens with zero attached hydrogens (tertiary/aromatic N) is 2. The van der Waals surface area contributed by atoms with Crippen molar-refractivity contribution >= 4 is 10.2 Å². The van der Waals surface area contributed by atoms with Gasteiger partial charge in [-0.05, 0) is 32.9 Å². The summed E-state index contributed by atoms with van der Waals surface area (Å²) < 4.78 is 40.4. The minimum absolute atomic E-state index is 0.110. The summed E-state index contributed by atoms with van der Waals surface area (Å²) in [6.45, 7) is 6.59. The fourth-order valence-electron chi connectivity index (χ4n) is 3.08. The standard InChI is InChI=1S/C18H25N3O4S/c1-13-11-21(12-14(2)24-13)26(22,23)19-10-9-17-15(3)25-18(20-17)16-7-5-4-6-8-16/h4-8,13-14,19H,9-12H2,1-3H3/t13-,14+. The van der Waals surface area contributed by atoms with Crippen LogP contribution in [0.2, 0.25) is 0 Å². The minimum Gasteiger partial charge on any atom is -0.441 e. The molecule has 0 bridgehead atoms. The minimum atomic E-state index is -3.53. The van der Waals surface area contributed by atoms with E-state index < -0.39 is 10.2 Å². The number of rotatable bonds is 6. The highest BCUT2D eigenvalue weighted by molar-refractivity contribution is 7.87. The highest BCUT2D eigenvalue weighted by Crippen LogP contribution is 2.21. The maximum absolute atomic E-state index is 12.5. The average Bonchev–Trinajstić information content (AvgIpc) is 2.96. The van der Waals surface area contributed by atoms with Gasteiger partial charge in [-0.3, -0.25) is 0 Å². The molecule has 0 radical (unpaired) electrons. The fraction of sp³-hybridized carbons (Fsp3) is 0.500. The summed E-state index contributed by atoms with van der Waals surface area (Å²) in [6, 6.07) is 9.64. The molecule has 1 aliphatic rings. The summed E-state index contributed by atoms with van der Waals surface area (Å²) in [5, 5.41) is 0. The van der Waals surface area contributed by atoms with Gasteiger partial charge in [-0.1, -0.05) is 18.2 Å². The van der Waals surface area contributed by atoms with Crippen molar-refractivity contribution in [3.8, 4) is 11.5 Å². The number of morpholine rings is 1. The van der Waals surface area contributed by atoms with Gasteiger partial charge < -0.3 is 9.15 Å². The van der Waals surface area contributed by atoms with Crippen LogP contribution < -0.4 is 4.72 Å². The van der Waals surface area contributed by atoms with E-state index in [9.17, 15) is 8.42 Å². The Morgan fingerprint density at radius 3 is 2.50 bits per heavy atom. The van der Waals surface area contributed by atoms with Gasteiger partial charge in [0, 0.05) is 31.6 Å². The Bertz CT molecular complexity index is 825. The molecular weight excluding hydrogens is 354 g/mol. The van der Waals surface area contributed by atoms with E-state index in [-0.39, 0.29) is 18.8 Å². The molecular formula is C18H25N3O4S. The molecule has 142 valence electrons. The molecule has 7 nitrogen and oxygen atoms in total. The second-order valence-corrected chi connectivity index (χ2v) is 8.37. The van der Waals surface area contributed by atoms with Crippen LogP contribution in [-0.2, 0) is 21.4 Å². The molecule has 2 aromatic rings. The second-order valence-electron chi connectivity index (χ2n) is 6.61. The molecule has 0 aliphatic carbocycles. The van der Waals surface area contributed by atoms with Crippen molar-refractivity contribution in [2.24, 2.45) is 0 Å². The monoisotopic (exact) mass is 379 g/mol. The van der Waals surface area contributed by atoms with Crippen molar-refractivity contribution in [3.05, 3.63) is 41.8 Å². The van der Waals surface area contributed by atoms with Gasteiger partial charge in [0.25, 0.3) is 10.2 Å². The van der Waals surface area contributed by atoms with Crippen LogP contribution in [0.1, 0.15) is 25.3 Å². The lowest BCUT2D eigenvalue weighted by atomic mass is 10.2. The molecule has 1 aliphatic heterocycles. The highest BCUT2D eigenvalue weighted by Gasteiger charge is 2.30. The number of hydrogen-bond donors (Lipinski definition) is 1. The number of ether oxygens (including phenoxy) is 1. The first-order valence-corrected chi connectivity index (χ1v) is 10.2. The van der Waals surface area contributed by atoms with Crippen LogP contribution in [0.4, 0.5) is 0 Å². The van der Waals surface area contributed by atoms with Crippen LogP contribution in [0.5, 0.6) is 0 Å². The van der Waals surface area contributed by atoms with E-state index in [1.54, 1.807) is 0 Å². The van der Waals surface area contributed by atoms with Crippen LogP contribution >= 0.6 is 0 Å². The molecule has 0 saturated carbocycles. The molecule has 0 amide bonds. The largest absolute Gasteiger partial charge is 0.441 e. The number of nitrogens with one attached hydrogen (secondary N) is 1. The lowest BCUT2D eigenvalue weighted by molar-refractivity contribution is -0.0443. The number of hydrogen-bond acceptors (Lipinski definition) is 5. The summed E-state index contributed by atoms with van der Waals surface area (Å²) in [7, 11) is -3.53. The summed E-state index contributed by atoms with van der Waals surface area (Å²) in [5.41, 5.74) is 1.66.